The summed E-state index contributed by atoms with van der Waals surface area (Å²) in [5.74, 6) is -0.472. The Hall–Kier alpha value is -2.64. The number of fused-ring (bicyclic) bond motifs is 1. The van der Waals surface area contributed by atoms with Gasteiger partial charge in [0.2, 0.25) is 11.7 Å². The predicted molar refractivity (Wildman–Crippen MR) is 97.5 cm³/mol. The first-order valence-corrected chi connectivity index (χ1v) is 9.23. The van der Waals surface area contributed by atoms with E-state index in [0.717, 1.165) is 17.3 Å². The summed E-state index contributed by atoms with van der Waals surface area (Å²) in [5.41, 5.74) is 2.21. The average Bonchev–Trinajstić information content (AvgIpc) is 3.20. The Bertz CT molecular complexity index is 901. The van der Waals surface area contributed by atoms with Crippen LogP contribution in [0.15, 0.2) is 36.5 Å². The second-order valence-corrected chi connectivity index (χ2v) is 7.54. The number of hydrogen-bond donors (Lipinski definition) is 0. The lowest BCUT2D eigenvalue weighted by Crippen LogP contribution is -2.35. The van der Waals surface area contributed by atoms with Crippen molar-refractivity contribution in [2.24, 2.45) is 11.8 Å². The summed E-state index contributed by atoms with van der Waals surface area (Å²) < 4.78 is 38.9. The van der Waals surface area contributed by atoms with Crippen molar-refractivity contribution in [3.05, 3.63) is 53.5 Å². The summed E-state index contributed by atoms with van der Waals surface area (Å²) in [6.07, 6.45) is -3.42. The van der Waals surface area contributed by atoms with Crippen LogP contribution in [-0.4, -0.2) is 40.4 Å². The molecule has 5 nitrogen and oxygen atoms in total. The van der Waals surface area contributed by atoms with Crippen molar-refractivity contribution >= 4 is 11.7 Å². The molecule has 0 radical (unpaired) electrons. The summed E-state index contributed by atoms with van der Waals surface area (Å²) in [4.78, 5) is 23.1. The minimum atomic E-state index is -4.57. The van der Waals surface area contributed by atoms with Crippen molar-refractivity contribution in [1.29, 1.82) is 0 Å². The molecule has 1 aromatic heterocycles. The third-order valence-electron chi connectivity index (χ3n) is 5.79. The SMILES string of the molecule is CC(=O)N1C[C@H]2CN(c3ccnc(C(F)(F)F)n3)C[C@H]2[C@@H]1c1ccccc1C. The summed E-state index contributed by atoms with van der Waals surface area (Å²) >= 11 is 0. The van der Waals surface area contributed by atoms with E-state index in [9.17, 15) is 18.0 Å². The lowest BCUT2D eigenvalue weighted by molar-refractivity contribution is -0.144. The van der Waals surface area contributed by atoms with Crippen molar-refractivity contribution in [3.8, 4) is 0 Å². The predicted octanol–water partition coefficient (Wildman–Crippen LogP) is 3.46. The minimum absolute atomic E-state index is 0.0237. The molecule has 8 heteroatoms. The number of carbonyl (C=O) groups excluding carboxylic acids is 1. The number of alkyl halides is 3. The van der Waals surface area contributed by atoms with Crippen LogP contribution in [0.3, 0.4) is 0 Å². The van der Waals surface area contributed by atoms with E-state index in [1.807, 2.05) is 41.0 Å². The van der Waals surface area contributed by atoms with Crippen molar-refractivity contribution in [3.63, 3.8) is 0 Å². The lowest BCUT2D eigenvalue weighted by Gasteiger charge is -2.30. The Balaban J connectivity index is 1.64. The van der Waals surface area contributed by atoms with Crippen LogP contribution in [0.4, 0.5) is 19.0 Å². The van der Waals surface area contributed by atoms with Crippen molar-refractivity contribution in [1.82, 2.24) is 14.9 Å². The van der Waals surface area contributed by atoms with Gasteiger partial charge >= 0.3 is 6.18 Å². The number of benzene rings is 1. The van der Waals surface area contributed by atoms with Crippen LogP contribution < -0.4 is 4.90 Å². The number of likely N-dealkylation sites (tertiary alicyclic amines) is 1. The van der Waals surface area contributed by atoms with Gasteiger partial charge in [0, 0.05) is 44.6 Å². The maximum Gasteiger partial charge on any atom is 0.451 e. The molecule has 3 atom stereocenters. The normalized spacial score (nSPS) is 24.5. The zero-order valence-corrected chi connectivity index (χ0v) is 15.6. The summed E-state index contributed by atoms with van der Waals surface area (Å²) in [5, 5.41) is 0. The van der Waals surface area contributed by atoms with Gasteiger partial charge < -0.3 is 9.80 Å². The van der Waals surface area contributed by atoms with Gasteiger partial charge in [-0.3, -0.25) is 4.79 Å². The first-order chi connectivity index (χ1) is 13.3. The van der Waals surface area contributed by atoms with E-state index in [-0.39, 0.29) is 29.6 Å². The number of amides is 1. The zero-order chi connectivity index (χ0) is 20.1. The van der Waals surface area contributed by atoms with Crippen LogP contribution in [0.1, 0.15) is 29.9 Å². The van der Waals surface area contributed by atoms with Crippen LogP contribution in [0, 0.1) is 18.8 Å². The molecule has 148 valence electrons. The van der Waals surface area contributed by atoms with Gasteiger partial charge in [0.1, 0.15) is 5.82 Å². The van der Waals surface area contributed by atoms with E-state index in [0.29, 0.717) is 19.6 Å². The smallest absolute Gasteiger partial charge is 0.356 e. The third kappa shape index (κ3) is 3.21. The van der Waals surface area contributed by atoms with Gasteiger partial charge in [-0.05, 0) is 24.1 Å². The van der Waals surface area contributed by atoms with Crippen LogP contribution >= 0.6 is 0 Å². The number of anilines is 1. The van der Waals surface area contributed by atoms with Gasteiger partial charge in [-0.1, -0.05) is 24.3 Å². The lowest BCUT2D eigenvalue weighted by atomic mass is 9.87. The quantitative estimate of drug-likeness (QED) is 0.788. The molecule has 28 heavy (non-hydrogen) atoms. The summed E-state index contributed by atoms with van der Waals surface area (Å²) in [7, 11) is 0. The monoisotopic (exact) mass is 390 g/mol. The number of halogens is 3. The highest BCUT2D eigenvalue weighted by Gasteiger charge is 2.49. The maximum atomic E-state index is 13.0. The fraction of sp³-hybridized carbons (Fsp3) is 0.450. The van der Waals surface area contributed by atoms with Crippen LogP contribution in [-0.2, 0) is 11.0 Å². The molecule has 2 fully saturated rings. The molecule has 0 unspecified atom stereocenters. The number of hydrogen-bond acceptors (Lipinski definition) is 4. The fourth-order valence-electron chi connectivity index (χ4n) is 4.54. The van der Waals surface area contributed by atoms with E-state index < -0.39 is 12.0 Å². The van der Waals surface area contributed by atoms with E-state index in [1.54, 1.807) is 6.92 Å². The zero-order valence-electron chi connectivity index (χ0n) is 15.6. The van der Waals surface area contributed by atoms with E-state index in [1.165, 1.54) is 6.07 Å². The molecular formula is C20H21F3N4O. The van der Waals surface area contributed by atoms with Gasteiger partial charge in [0.05, 0.1) is 6.04 Å². The first-order valence-electron chi connectivity index (χ1n) is 9.23. The van der Waals surface area contributed by atoms with E-state index in [4.69, 9.17) is 0 Å². The highest BCUT2D eigenvalue weighted by atomic mass is 19.4. The Labute approximate surface area is 161 Å². The number of nitrogens with zero attached hydrogens (tertiary/aromatic N) is 4. The van der Waals surface area contributed by atoms with Gasteiger partial charge in [0.25, 0.3) is 0 Å². The standard InChI is InChI=1S/C20H21F3N4O/c1-12-5-3-4-6-15(12)18-16-11-26(9-14(16)10-27(18)13(2)28)17-7-8-24-19(25-17)20(21,22)23/h3-8,14,16,18H,9-11H2,1-2H3/t14-,16-,18+/m1/s1. The largest absolute Gasteiger partial charge is 0.451 e. The van der Waals surface area contributed by atoms with Crippen LogP contribution in [0.2, 0.25) is 0 Å². The molecule has 2 aliphatic heterocycles. The minimum Gasteiger partial charge on any atom is -0.356 e. The Kier molecular flexibility index (Phi) is 4.51. The van der Waals surface area contributed by atoms with Crippen molar-refractivity contribution in [2.45, 2.75) is 26.1 Å². The molecule has 0 aliphatic carbocycles. The summed E-state index contributed by atoms with van der Waals surface area (Å²) in [6.45, 7) is 5.33. The van der Waals surface area contributed by atoms with Gasteiger partial charge in [-0.15, -0.1) is 0 Å². The number of rotatable bonds is 2. The first kappa shape index (κ1) is 18.7. The number of carbonyl (C=O) groups is 1. The molecule has 2 aliphatic rings. The average molecular weight is 390 g/mol. The molecule has 2 aromatic rings. The van der Waals surface area contributed by atoms with Gasteiger partial charge in [0.15, 0.2) is 0 Å². The van der Waals surface area contributed by atoms with Crippen molar-refractivity contribution in [2.75, 3.05) is 24.5 Å². The van der Waals surface area contributed by atoms with Gasteiger partial charge in [-0.2, -0.15) is 13.2 Å². The molecular weight excluding hydrogens is 369 g/mol. The Morgan fingerprint density at radius 2 is 1.89 bits per heavy atom. The second-order valence-electron chi connectivity index (χ2n) is 7.54. The molecule has 3 heterocycles. The highest BCUT2D eigenvalue weighted by Crippen LogP contribution is 2.46. The topological polar surface area (TPSA) is 49.3 Å². The summed E-state index contributed by atoms with van der Waals surface area (Å²) in [6, 6.07) is 9.42. The van der Waals surface area contributed by atoms with E-state index in [2.05, 4.69) is 9.97 Å². The van der Waals surface area contributed by atoms with Crippen LogP contribution in [0.25, 0.3) is 0 Å². The van der Waals surface area contributed by atoms with Gasteiger partial charge in [-0.25, -0.2) is 9.97 Å². The highest BCUT2D eigenvalue weighted by molar-refractivity contribution is 5.74. The molecule has 0 bridgehead atoms. The van der Waals surface area contributed by atoms with Crippen LogP contribution in [0.5, 0.6) is 0 Å². The molecule has 0 saturated carbocycles. The Morgan fingerprint density at radius 1 is 1.14 bits per heavy atom. The maximum absolute atomic E-state index is 13.0. The fourth-order valence-corrected chi connectivity index (χ4v) is 4.54. The molecule has 0 spiro atoms. The molecule has 1 amide bonds. The molecule has 2 saturated heterocycles. The van der Waals surface area contributed by atoms with E-state index >= 15 is 0 Å². The number of aryl methyl sites for hydroxylation is 1. The molecule has 4 rings (SSSR count). The Morgan fingerprint density at radius 3 is 2.57 bits per heavy atom. The second kappa shape index (κ2) is 6.76. The molecule has 0 N–H and O–H groups in total. The van der Waals surface area contributed by atoms with Crippen molar-refractivity contribution < 1.29 is 18.0 Å². The third-order valence-corrected chi connectivity index (χ3v) is 5.79. The molecule has 1 aromatic carbocycles. The number of aromatic nitrogens is 2.